The SMILES string of the molecule is CC(C)CN1CCN(Cc2cccc3c2OCO3)C[C@H]1CCO. The van der Waals surface area contributed by atoms with Gasteiger partial charge < -0.3 is 14.6 Å². The number of rotatable bonds is 6. The van der Waals surface area contributed by atoms with Crippen molar-refractivity contribution in [2.45, 2.75) is 32.9 Å². The van der Waals surface area contributed by atoms with Crippen molar-refractivity contribution in [3.63, 3.8) is 0 Å². The van der Waals surface area contributed by atoms with Crippen LogP contribution in [0.5, 0.6) is 11.5 Å². The van der Waals surface area contributed by atoms with E-state index in [-0.39, 0.29) is 6.61 Å². The lowest BCUT2D eigenvalue weighted by Crippen LogP contribution is -2.53. The summed E-state index contributed by atoms with van der Waals surface area (Å²) in [5.74, 6) is 2.41. The van der Waals surface area contributed by atoms with Gasteiger partial charge >= 0.3 is 0 Å². The van der Waals surface area contributed by atoms with Crippen LogP contribution in [-0.2, 0) is 6.54 Å². The third kappa shape index (κ3) is 3.97. The predicted octanol–water partition coefficient (Wildman–Crippen LogP) is 1.94. The first-order valence-corrected chi connectivity index (χ1v) is 8.62. The molecule has 1 aromatic rings. The van der Waals surface area contributed by atoms with Crippen molar-refractivity contribution >= 4 is 0 Å². The molecule has 0 radical (unpaired) electrons. The Morgan fingerprint density at radius 2 is 2.13 bits per heavy atom. The van der Waals surface area contributed by atoms with Gasteiger partial charge in [-0.25, -0.2) is 0 Å². The van der Waals surface area contributed by atoms with Crippen LogP contribution in [0.2, 0.25) is 0 Å². The Kier molecular flexibility index (Phi) is 5.41. The molecule has 1 aromatic carbocycles. The van der Waals surface area contributed by atoms with Gasteiger partial charge in [-0.3, -0.25) is 9.80 Å². The molecule has 5 heteroatoms. The fraction of sp³-hybridized carbons (Fsp3) is 0.667. The lowest BCUT2D eigenvalue weighted by atomic mass is 10.0. The van der Waals surface area contributed by atoms with Gasteiger partial charge in [0.25, 0.3) is 0 Å². The zero-order valence-corrected chi connectivity index (χ0v) is 14.2. The Bertz CT molecular complexity index is 521. The molecule has 128 valence electrons. The van der Waals surface area contributed by atoms with Crippen LogP contribution in [0.3, 0.4) is 0 Å². The van der Waals surface area contributed by atoms with E-state index in [2.05, 4.69) is 29.7 Å². The van der Waals surface area contributed by atoms with E-state index in [1.54, 1.807) is 0 Å². The van der Waals surface area contributed by atoms with Crippen LogP contribution in [0, 0.1) is 5.92 Å². The number of hydrogen-bond donors (Lipinski definition) is 1. The van der Waals surface area contributed by atoms with Gasteiger partial charge in [-0.1, -0.05) is 26.0 Å². The van der Waals surface area contributed by atoms with Gasteiger partial charge in [0.2, 0.25) is 6.79 Å². The fourth-order valence-electron chi connectivity index (χ4n) is 3.59. The van der Waals surface area contributed by atoms with E-state index in [4.69, 9.17) is 9.47 Å². The van der Waals surface area contributed by atoms with Crippen molar-refractivity contribution in [1.82, 2.24) is 9.80 Å². The van der Waals surface area contributed by atoms with Gasteiger partial charge in [0.1, 0.15) is 0 Å². The molecule has 0 spiro atoms. The Morgan fingerprint density at radius 1 is 1.26 bits per heavy atom. The van der Waals surface area contributed by atoms with Crippen LogP contribution < -0.4 is 9.47 Å². The minimum absolute atomic E-state index is 0.255. The van der Waals surface area contributed by atoms with Crippen molar-refractivity contribution in [2.24, 2.45) is 5.92 Å². The fourth-order valence-corrected chi connectivity index (χ4v) is 3.59. The zero-order valence-electron chi connectivity index (χ0n) is 14.2. The van der Waals surface area contributed by atoms with Crippen LogP contribution in [-0.4, -0.2) is 60.5 Å². The monoisotopic (exact) mass is 320 g/mol. The second kappa shape index (κ2) is 7.51. The number of hydrogen-bond acceptors (Lipinski definition) is 5. The molecule has 2 aliphatic heterocycles. The molecule has 2 heterocycles. The van der Waals surface area contributed by atoms with Crippen molar-refractivity contribution in [1.29, 1.82) is 0 Å². The molecule has 1 saturated heterocycles. The lowest BCUT2D eigenvalue weighted by Gasteiger charge is -2.42. The van der Waals surface area contributed by atoms with E-state index in [1.165, 1.54) is 5.56 Å². The number of nitrogens with zero attached hydrogens (tertiary/aromatic N) is 2. The maximum Gasteiger partial charge on any atom is 0.231 e. The molecule has 0 aliphatic carbocycles. The molecule has 0 unspecified atom stereocenters. The molecule has 5 nitrogen and oxygen atoms in total. The number of ether oxygens (including phenoxy) is 2. The quantitative estimate of drug-likeness (QED) is 0.868. The third-order valence-corrected chi connectivity index (χ3v) is 4.62. The largest absolute Gasteiger partial charge is 0.454 e. The summed E-state index contributed by atoms with van der Waals surface area (Å²) in [6, 6.07) is 6.55. The van der Waals surface area contributed by atoms with Crippen molar-refractivity contribution in [3.05, 3.63) is 23.8 Å². The Balaban J connectivity index is 1.65. The average Bonchev–Trinajstić information content (AvgIpc) is 2.99. The van der Waals surface area contributed by atoms with E-state index in [9.17, 15) is 5.11 Å². The topological polar surface area (TPSA) is 45.2 Å². The van der Waals surface area contributed by atoms with Crippen molar-refractivity contribution in [3.8, 4) is 11.5 Å². The molecule has 1 N–H and O–H groups in total. The highest BCUT2D eigenvalue weighted by Crippen LogP contribution is 2.36. The number of para-hydroxylation sites is 1. The van der Waals surface area contributed by atoms with Gasteiger partial charge in [0.15, 0.2) is 11.5 Å². The first-order valence-electron chi connectivity index (χ1n) is 8.62. The van der Waals surface area contributed by atoms with Crippen LogP contribution in [0.4, 0.5) is 0 Å². The number of aliphatic hydroxyl groups excluding tert-OH is 1. The number of fused-ring (bicyclic) bond motifs is 1. The summed E-state index contributed by atoms with van der Waals surface area (Å²) in [5.41, 5.74) is 1.19. The number of piperazine rings is 1. The van der Waals surface area contributed by atoms with E-state index in [0.29, 0.717) is 18.8 Å². The second-order valence-corrected chi connectivity index (χ2v) is 6.94. The van der Waals surface area contributed by atoms with Gasteiger partial charge in [0.05, 0.1) is 0 Å². The average molecular weight is 320 g/mol. The molecular formula is C18H28N2O3. The normalized spacial score (nSPS) is 22.0. The highest BCUT2D eigenvalue weighted by Gasteiger charge is 2.28. The first-order chi connectivity index (χ1) is 11.2. The first kappa shape index (κ1) is 16.6. The van der Waals surface area contributed by atoms with Crippen molar-refractivity contribution < 1.29 is 14.6 Å². The van der Waals surface area contributed by atoms with Gasteiger partial charge in [-0.05, 0) is 18.4 Å². The molecular weight excluding hydrogens is 292 g/mol. The van der Waals surface area contributed by atoms with Crippen molar-refractivity contribution in [2.75, 3.05) is 39.6 Å². The highest BCUT2D eigenvalue weighted by atomic mass is 16.7. The highest BCUT2D eigenvalue weighted by molar-refractivity contribution is 5.48. The zero-order chi connectivity index (χ0) is 16.2. The second-order valence-electron chi connectivity index (χ2n) is 6.94. The molecule has 1 fully saturated rings. The van der Waals surface area contributed by atoms with E-state index in [0.717, 1.165) is 50.6 Å². The standard InChI is InChI=1S/C18H28N2O3/c1-14(2)10-20-8-7-19(12-16(20)6-9-21)11-15-4-3-5-17-18(15)23-13-22-17/h3-5,14,16,21H,6-13H2,1-2H3/t16-/m1/s1. The Hall–Kier alpha value is -1.30. The third-order valence-electron chi connectivity index (χ3n) is 4.62. The van der Waals surface area contributed by atoms with E-state index in [1.807, 2.05) is 12.1 Å². The Labute approximate surface area is 138 Å². The summed E-state index contributed by atoms with van der Waals surface area (Å²) in [6.07, 6.45) is 0.843. The lowest BCUT2D eigenvalue weighted by molar-refractivity contribution is 0.0472. The molecule has 0 aromatic heterocycles. The molecule has 2 aliphatic rings. The minimum atomic E-state index is 0.255. The summed E-state index contributed by atoms with van der Waals surface area (Å²) in [4.78, 5) is 5.00. The smallest absolute Gasteiger partial charge is 0.231 e. The van der Waals surface area contributed by atoms with Crippen LogP contribution >= 0.6 is 0 Å². The Morgan fingerprint density at radius 3 is 2.91 bits per heavy atom. The molecule has 23 heavy (non-hydrogen) atoms. The minimum Gasteiger partial charge on any atom is -0.454 e. The summed E-state index contributed by atoms with van der Waals surface area (Å²) in [6.45, 7) is 10.2. The van der Waals surface area contributed by atoms with Crippen LogP contribution in [0.25, 0.3) is 0 Å². The molecule has 0 saturated carbocycles. The summed E-state index contributed by atoms with van der Waals surface area (Å²) >= 11 is 0. The molecule has 0 bridgehead atoms. The number of benzene rings is 1. The predicted molar refractivity (Wildman–Crippen MR) is 89.7 cm³/mol. The molecule has 1 atom stereocenters. The summed E-state index contributed by atoms with van der Waals surface area (Å²) in [7, 11) is 0. The van der Waals surface area contributed by atoms with Gasteiger partial charge in [-0.2, -0.15) is 0 Å². The van der Waals surface area contributed by atoms with Gasteiger partial charge in [0, 0.05) is 50.9 Å². The van der Waals surface area contributed by atoms with Crippen LogP contribution in [0.1, 0.15) is 25.8 Å². The van der Waals surface area contributed by atoms with Crippen LogP contribution in [0.15, 0.2) is 18.2 Å². The number of aliphatic hydroxyl groups is 1. The maximum atomic E-state index is 9.39. The molecule has 3 rings (SSSR count). The van der Waals surface area contributed by atoms with E-state index < -0.39 is 0 Å². The molecule has 0 amide bonds. The summed E-state index contributed by atoms with van der Waals surface area (Å²) < 4.78 is 11.1. The van der Waals surface area contributed by atoms with E-state index >= 15 is 0 Å². The van der Waals surface area contributed by atoms with Gasteiger partial charge in [-0.15, -0.1) is 0 Å². The summed E-state index contributed by atoms with van der Waals surface area (Å²) in [5, 5.41) is 9.39. The maximum absolute atomic E-state index is 9.39.